The molecule has 0 amide bonds. The topological polar surface area (TPSA) is 105 Å². The van der Waals surface area contributed by atoms with Gasteiger partial charge in [-0.1, -0.05) is 29.8 Å². The number of aryl methyl sites for hydroxylation is 1. The Morgan fingerprint density at radius 2 is 1.80 bits per heavy atom. The number of sulfone groups is 1. The second-order valence-corrected chi connectivity index (χ2v) is 13.7. The highest BCUT2D eigenvalue weighted by molar-refractivity contribution is 7.92. The minimum atomic E-state index is -3.53. The maximum atomic E-state index is 12.9. The number of nitrogens with one attached hydrogen (secondary N) is 3. The molecule has 4 rings (SSSR count). The van der Waals surface area contributed by atoms with E-state index in [0.717, 1.165) is 23.2 Å². The molecule has 2 heterocycles. The molecular formula is C30H38ClN5O3S. The zero-order valence-corrected chi connectivity index (χ0v) is 25.6. The van der Waals surface area contributed by atoms with Crippen LogP contribution in [0, 0.1) is 6.92 Å². The van der Waals surface area contributed by atoms with Crippen LogP contribution >= 0.6 is 11.6 Å². The van der Waals surface area contributed by atoms with Gasteiger partial charge in [0.2, 0.25) is 5.95 Å². The van der Waals surface area contributed by atoms with E-state index in [1.54, 1.807) is 38.1 Å². The molecule has 214 valence electrons. The molecule has 0 saturated heterocycles. The van der Waals surface area contributed by atoms with E-state index in [1.807, 2.05) is 19.9 Å². The first-order valence-electron chi connectivity index (χ1n) is 13.5. The van der Waals surface area contributed by atoms with Crippen molar-refractivity contribution in [2.24, 2.45) is 0 Å². The molecule has 0 aliphatic carbocycles. The third kappa shape index (κ3) is 6.77. The van der Waals surface area contributed by atoms with E-state index in [9.17, 15) is 8.42 Å². The lowest BCUT2D eigenvalue weighted by molar-refractivity contribution is 0.243. The van der Waals surface area contributed by atoms with Crippen LogP contribution in [0.25, 0.3) is 5.57 Å². The van der Waals surface area contributed by atoms with Gasteiger partial charge in [-0.05, 0) is 95.9 Å². The van der Waals surface area contributed by atoms with Crippen LogP contribution in [0.1, 0.15) is 59.1 Å². The van der Waals surface area contributed by atoms with Crippen molar-refractivity contribution >= 4 is 50.2 Å². The van der Waals surface area contributed by atoms with Crippen LogP contribution in [0.2, 0.25) is 5.02 Å². The van der Waals surface area contributed by atoms with Gasteiger partial charge in [-0.15, -0.1) is 0 Å². The predicted octanol–water partition coefficient (Wildman–Crippen LogP) is 7.05. The second kappa shape index (κ2) is 12.2. The number of para-hydroxylation sites is 1. The number of ether oxygens (including phenoxy) is 1. The summed E-state index contributed by atoms with van der Waals surface area (Å²) in [5.74, 6) is 1.27. The summed E-state index contributed by atoms with van der Waals surface area (Å²) in [6.07, 6.45) is 4.64. The Balaban J connectivity index is 1.69. The van der Waals surface area contributed by atoms with Crippen LogP contribution in [-0.4, -0.2) is 41.8 Å². The van der Waals surface area contributed by atoms with Gasteiger partial charge < -0.3 is 20.7 Å². The van der Waals surface area contributed by atoms with Gasteiger partial charge in [0.25, 0.3) is 0 Å². The highest BCUT2D eigenvalue weighted by atomic mass is 35.5. The number of anilines is 4. The van der Waals surface area contributed by atoms with Gasteiger partial charge in [-0.2, -0.15) is 4.98 Å². The maximum absolute atomic E-state index is 12.9. The average molecular weight is 584 g/mol. The van der Waals surface area contributed by atoms with Gasteiger partial charge in [0.1, 0.15) is 10.8 Å². The normalized spacial score (nSPS) is 17.6. The van der Waals surface area contributed by atoms with Gasteiger partial charge >= 0.3 is 0 Å². The molecule has 10 heteroatoms. The molecule has 40 heavy (non-hydrogen) atoms. The van der Waals surface area contributed by atoms with Crippen molar-refractivity contribution in [3.8, 4) is 5.75 Å². The first-order valence-corrected chi connectivity index (χ1v) is 15.5. The van der Waals surface area contributed by atoms with Crippen LogP contribution < -0.4 is 20.7 Å². The first kappa shape index (κ1) is 29.8. The molecule has 1 aliphatic heterocycles. The molecule has 2 aromatic carbocycles. The molecule has 0 unspecified atom stereocenters. The van der Waals surface area contributed by atoms with E-state index in [2.05, 4.69) is 58.8 Å². The van der Waals surface area contributed by atoms with E-state index in [1.165, 1.54) is 11.8 Å². The lowest BCUT2D eigenvalue weighted by Gasteiger charge is -2.27. The number of aromatic nitrogens is 2. The number of nitrogens with zero attached hydrogens (tertiary/aromatic N) is 2. The minimum absolute atomic E-state index is 0.0428. The van der Waals surface area contributed by atoms with Gasteiger partial charge in [-0.25, -0.2) is 13.4 Å². The molecule has 0 radical (unpaired) electrons. The van der Waals surface area contributed by atoms with Crippen LogP contribution in [0.15, 0.2) is 53.6 Å². The third-order valence-corrected chi connectivity index (χ3v) is 9.10. The van der Waals surface area contributed by atoms with E-state index in [-0.39, 0.29) is 21.8 Å². The zero-order chi connectivity index (χ0) is 29.2. The summed E-state index contributed by atoms with van der Waals surface area (Å²) in [5.41, 5.74) is 4.67. The fraction of sp³-hybridized carbons (Fsp3) is 0.400. The highest BCUT2D eigenvalue weighted by Crippen LogP contribution is 2.37. The Labute approximate surface area is 242 Å². The summed E-state index contributed by atoms with van der Waals surface area (Å²) in [4.78, 5) is 9.13. The quantitative estimate of drug-likeness (QED) is 0.246. The summed E-state index contributed by atoms with van der Waals surface area (Å²) in [5, 5.41) is 9.61. The Morgan fingerprint density at radius 3 is 2.48 bits per heavy atom. The largest absolute Gasteiger partial charge is 0.489 e. The molecule has 0 fully saturated rings. The van der Waals surface area contributed by atoms with Crippen LogP contribution in [-0.2, 0) is 9.84 Å². The number of hydrogen-bond acceptors (Lipinski definition) is 8. The molecule has 3 aromatic rings. The summed E-state index contributed by atoms with van der Waals surface area (Å²) in [7, 11) is -3.53. The lowest BCUT2D eigenvalue weighted by Crippen LogP contribution is -2.36. The lowest BCUT2D eigenvalue weighted by atomic mass is 9.90. The van der Waals surface area contributed by atoms with Crippen molar-refractivity contribution in [2.45, 2.75) is 83.2 Å². The van der Waals surface area contributed by atoms with Crippen LogP contribution in [0.3, 0.4) is 0 Å². The summed E-state index contributed by atoms with van der Waals surface area (Å²) < 4.78 is 32.1. The molecule has 3 N–H and O–H groups in total. The third-order valence-electron chi connectivity index (χ3n) is 6.62. The van der Waals surface area contributed by atoms with Crippen molar-refractivity contribution in [3.05, 3.63) is 64.8 Å². The number of benzene rings is 2. The van der Waals surface area contributed by atoms with Crippen LogP contribution in [0.4, 0.5) is 23.1 Å². The fourth-order valence-electron chi connectivity index (χ4n) is 4.77. The molecular weight excluding hydrogens is 546 g/mol. The highest BCUT2D eigenvalue weighted by Gasteiger charge is 2.24. The molecule has 0 spiro atoms. The number of hydrogen-bond donors (Lipinski definition) is 3. The monoisotopic (exact) mass is 583 g/mol. The SMILES string of the molecule is Cc1cc(Nc2ncc(Cl)c(Nc3ccccc3S(=O)(=O)C(C)C)n2)c(OC(C)C)cc1C1=C[C@@H](C)N[C@H](C)C1. The van der Waals surface area contributed by atoms with E-state index >= 15 is 0 Å². The molecule has 0 bridgehead atoms. The van der Waals surface area contributed by atoms with E-state index in [0.29, 0.717) is 29.5 Å². The standard InChI is InChI=1S/C30H38ClN5O3S/c1-17(2)39-27-15-23(22-13-20(6)33-21(7)14-22)19(5)12-26(27)35-30-32-16-24(31)29(36-30)34-25-10-8-9-11-28(25)40(37,38)18(3)4/h8-13,15-18,20-21,33H,14H2,1-7H3,(H2,32,34,35,36)/t20-,21-/m1/s1. The number of halogens is 1. The smallest absolute Gasteiger partial charge is 0.229 e. The Morgan fingerprint density at radius 1 is 1.07 bits per heavy atom. The second-order valence-electron chi connectivity index (χ2n) is 10.8. The van der Waals surface area contributed by atoms with Crippen molar-refractivity contribution in [1.29, 1.82) is 0 Å². The van der Waals surface area contributed by atoms with Gasteiger partial charge in [0, 0.05) is 12.1 Å². The summed E-state index contributed by atoms with van der Waals surface area (Å²) >= 11 is 6.43. The first-order chi connectivity index (χ1) is 18.8. The van der Waals surface area contributed by atoms with Gasteiger partial charge in [0.05, 0.1) is 33.8 Å². The van der Waals surface area contributed by atoms with Gasteiger partial charge in [0.15, 0.2) is 15.7 Å². The van der Waals surface area contributed by atoms with Crippen molar-refractivity contribution in [3.63, 3.8) is 0 Å². The Hall–Kier alpha value is -3.14. The number of rotatable bonds is 9. The average Bonchev–Trinajstić information content (AvgIpc) is 2.87. The van der Waals surface area contributed by atoms with Crippen LogP contribution in [0.5, 0.6) is 5.75 Å². The van der Waals surface area contributed by atoms with Gasteiger partial charge in [-0.3, -0.25) is 0 Å². The Kier molecular flexibility index (Phi) is 9.07. The maximum Gasteiger partial charge on any atom is 0.229 e. The molecule has 1 aromatic heterocycles. The predicted molar refractivity (Wildman–Crippen MR) is 164 cm³/mol. The molecule has 8 nitrogen and oxygen atoms in total. The summed E-state index contributed by atoms with van der Waals surface area (Å²) in [6, 6.07) is 11.5. The molecule has 1 aliphatic rings. The minimum Gasteiger partial charge on any atom is -0.489 e. The zero-order valence-electron chi connectivity index (χ0n) is 24.0. The van der Waals surface area contributed by atoms with Crippen molar-refractivity contribution in [1.82, 2.24) is 15.3 Å². The van der Waals surface area contributed by atoms with Crippen molar-refractivity contribution < 1.29 is 13.2 Å². The Bertz CT molecular complexity index is 1520. The molecule has 0 saturated carbocycles. The van der Waals surface area contributed by atoms with Crippen molar-refractivity contribution in [2.75, 3.05) is 10.6 Å². The fourth-order valence-corrected chi connectivity index (χ4v) is 6.11. The summed E-state index contributed by atoms with van der Waals surface area (Å²) in [6.45, 7) is 13.7. The van der Waals surface area contributed by atoms with E-state index in [4.69, 9.17) is 16.3 Å². The molecule has 2 atom stereocenters. The van der Waals surface area contributed by atoms with E-state index < -0.39 is 15.1 Å².